The lowest BCUT2D eigenvalue weighted by molar-refractivity contribution is 0.575. The van der Waals surface area contributed by atoms with E-state index in [9.17, 15) is 0 Å². The Morgan fingerprint density at radius 1 is 1.54 bits per heavy atom. The summed E-state index contributed by atoms with van der Waals surface area (Å²) in [5.74, 6) is 0.640. The van der Waals surface area contributed by atoms with Crippen LogP contribution >= 0.6 is 0 Å². The average Bonchev–Trinajstić information content (AvgIpc) is 2.50. The molecule has 0 amide bonds. The van der Waals surface area contributed by atoms with Crippen LogP contribution in [0.2, 0.25) is 0 Å². The van der Waals surface area contributed by atoms with E-state index < -0.39 is 0 Å². The third kappa shape index (κ3) is 2.59. The Morgan fingerprint density at radius 2 is 2.23 bits per heavy atom. The predicted octanol–water partition coefficient (Wildman–Crippen LogP) is 2.52. The fourth-order valence-corrected chi connectivity index (χ4v) is 1.22. The smallest absolute Gasteiger partial charge is 0.288 e. The molecular weight excluding hydrogens is 162 g/mol. The van der Waals surface area contributed by atoms with Gasteiger partial charge in [-0.25, -0.2) is 6.57 Å². The van der Waals surface area contributed by atoms with Gasteiger partial charge in [-0.2, -0.15) is 9.78 Å². The molecule has 1 aromatic rings. The third-order valence-corrected chi connectivity index (χ3v) is 1.87. The molecule has 0 bridgehead atoms. The molecule has 0 spiro atoms. The van der Waals surface area contributed by atoms with Gasteiger partial charge in [0.05, 0.1) is 6.20 Å². The lowest BCUT2D eigenvalue weighted by Crippen LogP contribution is -2.00. The molecule has 1 heterocycles. The summed E-state index contributed by atoms with van der Waals surface area (Å²) in [6.45, 7) is 13.1. The van der Waals surface area contributed by atoms with Crippen molar-refractivity contribution < 1.29 is 0 Å². The molecule has 0 aliphatic rings. The molecule has 0 saturated carbocycles. The molecule has 0 saturated heterocycles. The molecule has 3 heteroatoms. The number of hydrogen-bond donors (Lipinski definition) is 0. The molecule has 0 fully saturated rings. The molecule has 3 nitrogen and oxygen atoms in total. The van der Waals surface area contributed by atoms with Crippen LogP contribution in [0.25, 0.3) is 4.85 Å². The molecule has 0 aliphatic carbocycles. The monoisotopic (exact) mass is 177 g/mol. The quantitative estimate of drug-likeness (QED) is 0.650. The van der Waals surface area contributed by atoms with Gasteiger partial charge < -0.3 is 0 Å². The lowest BCUT2D eigenvalue weighted by atomic mass is 10.1. The highest BCUT2D eigenvalue weighted by Crippen LogP contribution is 2.10. The van der Waals surface area contributed by atoms with Crippen molar-refractivity contribution in [2.24, 2.45) is 5.92 Å². The summed E-state index contributed by atoms with van der Waals surface area (Å²) in [6.07, 6.45) is 4.66. The van der Waals surface area contributed by atoms with E-state index in [1.54, 1.807) is 4.68 Å². The summed E-state index contributed by atoms with van der Waals surface area (Å²) >= 11 is 0. The summed E-state index contributed by atoms with van der Waals surface area (Å²) < 4.78 is 1.71. The van der Waals surface area contributed by atoms with Gasteiger partial charge >= 0.3 is 6.17 Å². The maximum Gasteiger partial charge on any atom is 0.313 e. The highest BCUT2D eigenvalue weighted by Gasteiger charge is 2.08. The SMILES string of the molecule is [C-]#[N+]C(C)n1cc(CC(C)C)cn1. The van der Waals surface area contributed by atoms with Gasteiger partial charge in [-0.3, -0.25) is 4.85 Å². The maximum atomic E-state index is 6.86. The van der Waals surface area contributed by atoms with Crippen LogP contribution in [0.3, 0.4) is 0 Å². The van der Waals surface area contributed by atoms with Gasteiger partial charge in [0.25, 0.3) is 0 Å². The van der Waals surface area contributed by atoms with Crippen LogP contribution in [0.5, 0.6) is 0 Å². The van der Waals surface area contributed by atoms with Crippen molar-refractivity contribution in [3.63, 3.8) is 0 Å². The predicted molar refractivity (Wildman–Crippen MR) is 52.1 cm³/mol. The number of nitrogens with zero attached hydrogens (tertiary/aromatic N) is 3. The molecule has 0 aromatic carbocycles. The first-order chi connectivity index (χ1) is 6.13. The second-order valence-corrected chi connectivity index (χ2v) is 3.69. The molecular formula is C10H15N3. The Balaban J connectivity index is 2.70. The van der Waals surface area contributed by atoms with Gasteiger partial charge in [0, 0.05) is 13.1 Å². The first-order valence-electron chi connectivity index (χ1n) is 4.53. The van der Waals surface area contributed by atoms with Crippen LogP contribution in [0.4, 0.5) is 0 Å². The average molecular weight is 177 g/mol. The standard InChI is InChI=1S/C10H15N3/c1-8(2)5-10-6-12-13(7-10)9(3)11-4/h6-9H,5H2,1-3H3. The fraction of sp³-hybridized carbons (Fsp3) is 0.600. The van der Waals surface area contributed by atoms with Crippen molar-refractivity contribution in [1.29, 1.82) is 0 Å². The molecule has 13 heavy (non-hydrogen) atoms. The molecule has 1 aromatic heterocycles. The van der Waals surface area contributed by atoms with E-state index in [2.05, 4.69) is 23.8 Å². The first-order valence-corrected chi connectivity index (χ1v) is 4.53. The Hall–Kier alpha value is -1.30. The Labute approximate surface area is 79.2 Å². The van der Waals surface area contributed by atoms with Gasteiger partial charge in [0.15, 0.2) is 0 Å². The molecule has 1 unspecified atom stereocenters. The molecule has 0 radical (unpaired) electrons. The second kappa shape index (κ2) is 4.08. The first kappa shape index (κ1) is 9.79. The van der Waals surface area contributed by atoms with Crippen molar-refractivity contribution in [3.8, 4) is 0 Å². The number of aromatic nitrogens is 2. The summed E-state index contributed by atoms with van der Waals surface area (Å²) in [6, 6.07) is 0. The topological polar surface area (TPSA) is 22.2 Å². The highest BCUT2D eigenvalue weighted by molar-refractivity contribution is 5.05. The van der Waals surface area contributed by atoms with Gasteiger partial charge in [0.2, 0.25) is 0 Å². The van der Waals surface area contributed by atoms with Crippen LogP contribution in [0.15, 0.2) is 12.4 Å². The van der Waals surface area contributed by atoms with Gasteiger partial charge in [-0.1, -0.05) is 13.8 Å². The Bertz CT molecular complexity index is 306. The van der Waals surface area contributed by atoms with Crippen LogP contribution in [-0.4, -0.2) is 9.78 Å². The van der Waals surface area contributed by atoms with Gasteiger partial charge in [-0.05, 0) is 17.9 Å². The molecule has 0 aliphatic heterocycles. The minimum atomic E-state index is -0.180. The minimum Gasteiger partial charge on any atom is -0.288 e. The van der Waals surface area contributed by atoms with E-state index >= 15 is 0 Å². The van der Waals surface area contributed by atoms with E-state index in [1.165, 1.54) is 5.56 Å². The van der Waals surface area contributed by atoms with Crippen LogP contribution < -0.4 is 0 Å². The fourth-order valence-electron chi connectivity index (χ4n) is 1.22. The minimum absolute atomic E-state index is 0.180. The number of rotatable bonds is 3. The van der Waals surface area contributed by atoms with E-state index in [0.717, 1.165) is 6.42 Å². The van der Waals surface area contributed by atoms with Gasteiger partial charge in [0.1, 0.15) is 0 Å². The normalized spacial score (nSPS) is 12.8. The van der Waals surface area contributed by atoms with Gasteiger partial charge in [-0.15, -0.1) is 0 Å². The van der Waals surface area contributed by atoms with E-state index in [1.807, 2.05) is 19.3 Å². The molecule has 0 N–H and O–H groups in total. The summed E-state index contributed by atoms with van der Waals surface area (Å²) in [5.41, 5.74) is 1.21. The van der Waals surface area contributed by atoms with E-state index in [-0.39, 0.29) is 6.17 Å². The summed E-state index contributed by atoms with van der Waals surface area (Å²) in [7, 11) is 0. The summed E-state index contributed by atoms with van der Waals surface area (Å²) in [5, 5.41) is 4.14. The zero-order valence-corrected chi connectivity index (χ0v) is 8.36. The molecule has 70 valence electrons. The molecule has 1 rings (SSSR count). The maximum absolute atomic E-state index is 6.86. The van der Waals surface area contributed by atoms with Crippen molar-refractivity contribution in [1.82, 2.24) is 9.78 Å². The van der Waals surface area contributed by atoms with Crippen molar-refractivity contribution in [2.75, 3.05) is 0 Å². The van der Waals surface area contributed by atoms with E-state index in [4.69, 9.17) is 6.57 Å². The summed E-state index contributed by atoms with van der Waals surface area (Å²) in [4.78, 5) is 3.40. The third-order valence-electron chi connectivity index (χ3n) is 1.87. The zero-order chi connectivity index (χ0) is 9.84. The van der Waals surface area contributed by atoms with Crippen LogP contribution in [0.1, 0.15) is 32.5 Å². The van der Waals surface area contributed by atoms with Crippen LogP contribution in [-0.2, 0) is 6.42 Å². The van der Waals surface area contributed by atoms with Crippen molar-refractivity contribution >= 4 is 0 Å². The zero-order valence-electron chi connectivity index (χ0n) is 8.36. The van der Waals surface area contributed by atoms with Crippen molar-refractivity contribution in [3.05, 3.63) is 29.4 Å². The lowest BCUT2D eigenvalue weighted by Gasteiger charge is -2.00. The van der Waals surface area contributed by atoms with Crippen molar-refractivity contribution in [2.45, 2.75) is 33.4 Å². The largest absolute Gasteiger partial charge is 0.313 e. The second-order valence-electron chi connectivity index (χ2n) is 3.69. The number of hydrogen-bond acceptors (Lipinski definition) is 1. The highest BCUT2D eigenvalue weighted by atomic mass is 15.3. The molecule has 1 atom stereocenters. The Kier molecular flexibility index (Phi) is 3.07. The van der Waals surface area contributed by atoms with Crippen LogP contribution in [0, 0.1) is 12.5 Å². The van der Waals surface area contributed by atoms with E-state index in [0.29, 0.717) is 5.92 Å². The Morgan fingerprint density at radius 3 is 2.77 bits per heavy atom.